The van der Waals surface area contributed by atoms with Crippen LogP contribution in [0.5, 0.6) is 0 Å². The predicted molar refractivity (Wildman–Crippen MR) is 77.1 cm³/mol. The Morgan fingerprint density at radius 3 is 3.11 bits per heavy atom. The maximum absolute atomic E-state index is 5.40. The first-order valence-corrected chi connectivity index (χ1v) is 6.96. The van der Waals surface area contributed by atoms with Crippen LogP contribution in [0.15, 0.2) is 30.3 Å². The third-order valence-corrected chi connectivity index (χ3v) is 3.70. The summed E-state index contributed by atoms with van der Waals surface area (Å²) in [6.07, 6.45) is 1.18. The Morgan fingerprint density at radius 2 is 2.26 bits per heavy atom. The molecule has 1 N–H and O–H groups in total. The Balaban J connectivity index is 1.72. The average Bonchev–Trinajstić information content (AvgIpc) is 2.91. The van der Waals surface area contributed by atoms with E-state index in [1.807, 2.05) is 6.07 Å². The molecule has 3 nitrogen and oxygen atoms in total. The van der Waals surface area contributed by atoms with E-state index in [1.165, 1.54) is 17.4 Å². The van der Waals surface area contributed by atoms with Crippen molar-refractivity contribution in [1.29, 1.82) is 0 Å². The molecule has 0 radical (unpaired) electrons. The van der Waals surface area contributed by atoms with E-state index in [1.54, 1.807) is 0 Å². The summed E-state index contributed by atoms with van der Waals surface area (Å²) in [5, 5.41) is 4.81. The molecular weight excluding hydrogens is 236 g/mol. The van der Waals surface area contributed by atoms with Gasteiger partial charge in [-0.3, -0.25) is 4.98 Å². The van der Waals surface area contributed by atoms with Gasteiger partial charge in [0.05, 0.1) is 12.1 Å². The van der Waals surface area contributed by atoms with Gasteiger partial charge < -0.3 is 10.1 Å². The van der Waals surface area contributed by atoms with E-state index >= 15 is 0 Å². The maximum Gasteiger partial charge on any atom is 0.0708 e. The zero-order valence-electron chi connectivity index (χ0n) is 11.4. The molecule has 2 heterocycles. The fourth-order valence-electron chi connectivity index (χ4n) is 2.70. The van der Waals surface area contributed by atoms with Gasteiger partial charge in [-0.2, -0.15) is 0 Å². The third-order valence-electron chi connectivity index (χ3n) is 3.70. The van der Waals surface area contributed by atoms with Crippen LogP contribution in [-0.4, -0.2) is 24.7 Å². The van der Waals surface area contributed by atoms with E-state index in [4.69, 9.17) is 4.74 Å². The standard InChI is InChI=1S/C16H20N2O/c1-12-8-14(10-17-9-13-6-7-19-11-13)15-4-2-3-5-16(15)18-12/h2-5,8,13,17H,6-7,9-11H2,1H3. The molecule has 1 aliphatic rings. The lowest BCUT2D eigenvalue weighted by Gasteiger charge is -2.11. The molecule has 1 saturated heterocycles. The van der Waals surface area contributed by atoms with Crippen molar-refractivity contribution in [3.63, 3.8) is 0 Å². The van der Waals surface area contributed by atoms with Gasteiger partial charge in [-0.25, -0.2) is 0 Å². The summed E-state index contributed by atoms with van der Waals surface area (Å²) in [6, 6.07) is 10.5. The van der Waals surface area contributed by atoms with Crippen LogP contribution in [0.3, 0.4) is 0 Å². The number of aromatic nitrogens is 1. The van der Waals surface area contributed by atoms with Gasteiger partial charge in [-0.15, -0.1) is 0 Å². The zero-order valence-corrected chi connectivity index (χ0v) is 11.4. The molecule has 1 unspecified atom stereocenters. The maximum atomic E-state index is 5.40. The predicted octanol–water partition coefficient (Wildman–Crippen LogP) is 2.67. The van der Waals surface area contributed by atoms with Crippen LogP contribution >= 0.6 is 0 Å². The first-order valence-electron chi connectivity index (χ1n) is 6.96. The SMILES string of the molecule is Cc1cc(CNCC2CCOC2)c2ccccc2n1. The molecule has 19 heavy (non-hydrogen) atoms. The summed E-state index contributed by atoms with van der Waals surface area (Å²) in [5.41, 5.74) is 3.50. The second kappa shape index (κ2) is 5.68. The highest BCUT2D eigenvalue weighted by molar-refractivity contribution is 5.82. The molecule has 0 spiro atoms. The van der Waals surface area contributed by atoms with Gasteiger partial charge >= 0.3 is 0 Å². The zero-order chi connectivity index (χ0) is 13.1. The first-order chi connectivity index (χ1) is 9.33. The summed E-state index contributed by atoms with van der Waals surface area (Å²) in [6.45, 7) is 5.82. The molecule has 3 rings (SSSR count). The largest absolute Gasteiger partial charge is 0.381 e. The van der Waals surface area contributed by atoms with Crippen LogP contribution in [0.2, 0.25) is 0 Å². The van der Waals surface area contributed by atoms with Crippen LogP contribution < -0.4 is 5.32 Å². The number of benzene rings is 1. The van der Waals surface area contributed by atoms with Gasteiger partial charge in [0.25, 0.3) is 0 Å². The number of ether oxygens (including phenoxy) is 1. The summed E-state index contributed by atoms with van der Waals surface area (Å²) in [4.78, 5) is 4.57. The van der Waals surface area contributed by atoms with Crippen molar-refractivity contribution in [3.05, 3.63) is 41.6 Å². The summed E-state index contributed by atoms with van der Waals surface area (Å²) in [7, 11) is 0. The van der Waals surface area contributed by atoms with Crippen molar-refractivity contribution in [3.8, 4) is 0 Å². The quantitative estimate of drug-likeness (QED) is 0.913. The van der Waals surface area contributed by atoms with Gasteiger partial charge in [0.1, 0.15) is 0 Å². The van der Waals surface area contributed by atoms with Gasteiger partial charge in [-0.1, -0.05) is 18.2 Å². The Bertz CT molecular complexity index is 562. The minimum Gasteiger partial charge on any atom is -0.381 e. The Kier molecular flexibility index (Phi) is 3.76. The Morgan fingerprint density at radius 1 is 1.37 bits per heavy atom. The summed E-state index contributed by atoms with van der Waals surface area (Å²) < 4.78 is 5.40. The fraction of sp³-hybridized carbons (Fsp3) is 0.438. The van der Waals surface area contributed by atoms with E-state index in [9.17, 15) is 0 Å². The molecule has 1 aliphatic heterocycles. The van der Waals surface area contributed by atoms with E-state index in [0.29, 0.717) is 5.92 Å². The van der Waals surface area contributed by atoms with E-state index in [-0.39, 0.29) is 0 Å². The number of aryl methyl sites for hydroxylation is 1. The molecule has 1 aromatic heterocycles. The lowest BCUT2D eigenvalue weighted by atomic mass is 10.1. The number of fused-ring (bicyclic) bond motifs is 1. The van der Waals surface area contributed by atoms with Crippen LogP contribution in [-0.2, 0) is 11.3 Å². The molecular formula is C16H20N2O. The summed E-state index contributed by atoms with van der Waals surface area (Å²) in [5.74, 6) is 0.675. The third kappa shape index (κ3) is 2.94. The van der Waals surface area contributed by atoms with Gasteiger partial charge in [0.15, 0.2) is 0 Å². The monoisotopic (exact) mass is 256 g/mol. The smallest absolute Gasteiger partial charge is 0.0708 e. The van der Waals surface area contributed by atoms with Crippen molar-refractivity contribution >= 4 is 10.9 Å². The lowest BCUT2D eigenvalue weighted by Crippen LogP contribution is -2.22. The van der Waals surface area contributed by atoms with Crippen molar-refractivity contribution in [2.45, 2.75) is 19.9 Å². The van der Waals surface area contributed by atoms with Crippen LogP contribution in [0.25, 0.3) is 10.9 Å². The first kappa shape index (κ1) is 12.6. The fourth-order valence-corrected chi connectivity index (χ4v) is 2.70. The molecule has 3 heteroatoms. The Hall–Kier alpha value is -1.45. The van der Waals surface area contributed by atoms with Gasteiger partial charge in [-0.05, 0) is 37.0 Å². The highest BCUT2D eigenvalue weighted by atomic mass is 16.5. The minimum absolute atomic E-state index is 0.675. The van der Waals surface area contributed by atoms with E-state index in [0.717, 1.165) is 37.5 Å². The average molecular weight is 256 g/mol. The Labute approximate surface area is 114 Å². The number of rotatable bonds is 4. The van der Waals surface area contributed by atoms with Crippen LogP contribution in [0.1, 0.15) is 17.7 Å². The topological polar surface area (TPSA) is 34.1 Å². The van der Waals surface area contributed by atoms with Gasteiger partial charge in [0.2, 0.25) is 0 Å². The summed E-state index contributed by atoms with van der Waals surface area (Å²) >= 11 is 0. The molecule has 0 amide bonds. The van der Waals surface area contributed by atoms with Gasteiger partial charge in [0, 0.05) is 30.8 Å². The molecule has 2 aromatic rings. The molecule has 0 saturated carbocycles. The normalized spacial score (nSPS) is 19.1. The second-order valence-corrected chi connectivity index (χ2v) is 5.30. The molecule has 1 aromatic carbocycles. The number of nitrogens with zero attached hydrogens (tertiary/aromatic N) is 1. The van der Waals surface area contributed by atoms with Crippen LogP contribution in [0.4, 0.5) is 0 Å². The highest BCUT2D eigenvalue weighted by Crippen LogP contribution is 2.18. The van der Waals surface area contributed by atoms with Crippen LogP contribution in [0, 0.1) is 12.8 Å². The molecule has 0 aliphatic carbocycles. The number of hydrogen-bond donors (Lipinski definition) is 1. The lowest BCUT2D eigenvalue weighted by molar-refractivity contribution is 0.185. The molecule has 100 valence electrons. The van der Waals surface area contributed by atoms with Crippen molar-refractivity contribution in [2.24, 2.45) is 5.92 Å². The molecule has 0 bridgehead atoms. The highest BCUT2D eigenvalue weighted by Gasteiger charge is 2.14. The van der Waals surface area contributed by atoms with Crippen molar-refractivity contribution in [2.75, 3.05) is 19.8 Å². The minimum atomic E-state index is 0.675. The van der Waals surface area contributed by atoms with E-state index in [2.05, 4.69) is 41.5 Å². The molecule has 1 fully saturated rings. The molecule has 1 atom stereocenters. The van der Waals surface area contributed by atoms with Crippen molar-refractivity contribution < 1.29 is 4.74 Å². The second-order valence-electron chi connectivity index (χ2n) is 5.30. The van der Waals surface area contributed by atoms with E-state index < -0.39 is 0 Å². The number of nitrogens with one attached hydrogen (secondary N) is 1. The van der Waals surface area contributed by atoms with Crippen molar-refractivity contribution in [1.82, 2.24) is 10.3 Å². The number of hydrogen-bond acceptors (Lipinski definition) is 3. The number of pyridine rings is 1. The number of para-hydroxylation sites is 1.